The number of halogens is 1. The number of benzene rings is 2. The summed E-state index contributed by atoms with van der Waals surface area (Å²) in [4.78, 5) is 20.2. The van der Waals surface area contributed by atoms with Crippen molar-refractivity contribution in [1.82, 2.24) is 9.88 Å². The molecule has 0 radical (unpaired) electrons. The van der Waals surface area contributed by atoms with E-state index in [0.717, 1.165) is 46.9 Å². The zero-order valence-corrected chi connectivity index (χ0v) is 23.2. The quantitative estimate of drug-likeness (QED) is 0.272. The average Bonchev–Trinajstić information content (AvgIpc) is 2.92. The van der Waals surface area contributed by atoms with Gasteiger partial charge < -0.3 is 14.2 Å². The zero-order valence-electron chi connectivity index (χ0n) is 23.2. The van der Waals surface area contributed by atoms with Gasteiger partial charge in [0, 0.05) is 49.8 Å². The minimum atomic E-state index is -0.349. The molecule has 3 aromatic rings. The van der Waals surface area contributed by atoms with Gasteiger partial charge >= 0.3 is 0 Å². The van der Waals surface area contributed by atoms with E-state index < -0.39 is 0 Å². The Bertz CT molecular complexity index is 1220. The van der Waals surface area contributed by atoms with E-state index in [2.05, 4.69) is 11.0 Å². The topological polar surface area (TPSA) is 60.9 Å². The second kappa shape index (κ2) is 14.2. The Morgan fingerprint density at radius 1 is 1.03 bits per heavy atom. The maximum absolute atomic E-state index is 14.1. The van der Waals surface area contributed by atoms with Crippen LogP contribution in [-0.2, 0) is 28.9 Å². The van der Waals surface area contributed by atoms with Gasteiger partial charge in [0.05, 0.1) is 32.1 Å². The minimum absolute atomic E-state index is 0.0718. The molecule has 2 heterocycles. The lowest BCUT2D eigenvalue weighted by molar-refractivity contribution is -0.118. The predicted molar refractivity (Wildman–Crippen MR) is 151 cm³/mol. The molecule has 1 aliphatic rings. The Kier molecular flexibility index (Phi) is 10.5. The highest BCUT2D eigenvalue weighted by Crippen LogP contribution is 2.27. The molecule has 39 heavy (non-hydrogen) atoms. The van der Waals surface area contributed by atoms with Crippen LogP contribution >= 0.6 is 0 Å². The van der Waals surface area contributed by atoms with E-state index in [-0.39, 0.29) is 18.0 Å². The normalized spacial score (nSPS) is 14.0. The third-order valence-electron chi connectivity index (χ3n) is 6.57. The number of morpholine rings is 1. The number of aromatic nitrogens is 1. The number of carbonyl (C=O) groups excluding carboxylic acids is 1. The highest BCUT2D eigenvalue weighted by atomic mass is 19.1. The van der Waals surface area contributed by atoms with Crippen LogP contribution in [0.2, 0.25) is 0 Å². The Labute approximate surface area is 231 Å². The number of hydrogen-bond donors (Lipinski definition) is 0. The molecule has 1 saturated heterocycles. The molecular weight excluding hydrogens is 495 g/mol. The van der Waals surface area contributed by atoms with E-state index in [0.29, 0.717) is 57.5 Å². The molecule has 0 amide bonds. The van der Waals surface area contributed by atoms with Crippen LogP contribution in [-0.4, -0.2) is 55.2 Å². The maximum atomic E-state index is 14.1. The van der Waals surface area contributed by atoms with Crippen molar-refractivity contribution in [3.8, 4) is 22.6 Å². The summed E-state index contributed by atoms with van der Waals surface area (Å²) >= 11 is 0. The molecule has 6 nitrogen and oxygen atoms in total. The van der Waals surface area contributed by atoms with Crippen LogP contribution in [0.25, 0.3) is 11.1 Å². The number of ketones is 1. The fraction of sp³-hybridized carbons (Fsp3) is 0.438. The summed E-state index contributed by atoms with van der Waals surface area (Å²) in [6, 6.07) is 16.7. The van der Waals surface area contributed by atoms with E-state index >= 15 is 0 Å². The van der Waals surface area contributed by atoms with Crippen molar-refractivity contribution in [3.63, 3.8) is 0 Å². The maximum Gasteiger partial charge on any atom is 0.139 e. The molecule has 208 valence electrons. The van der Waals surface area contributed by atoms with Gasteiger partial charge in [0.15, 0.2) is 0 Å². The van der Waals surface area contributed by atoms with Crippen LogP contribution < -0.4 is 9.47 Å². The molecular formula is C32H39FN2O4. The van der Waals surface area contributed by atoms with E-state index in [1.807, 2.05) is 57.2 Å². The number of ether oxygens (including phenoxy) is 3. The molecule has 0 bridgehead atoms. The van der Waals surface area contributed by atoms with Crippen LogP contribution in [0.1, 0.15) is 44.1 Å². The number of rotatable bonds is 13. The largest absolute Gasteiger partial charge is 0.494 e. The number of nitrogens with zero attached hydrogens (tertiary/aromatic N) is 2. The van der Waals surface area contributed by atoms with Gasteiger partial charge in [-0.1, -0.05) is 32.0 Å². The fourth-order valence-corrected chi connectivity index (χ4v) is 4.58. The standard InChI is InChI=1S/C32H39FN2O4/c1-4-38-29-10-6-25(7-11-29)31-12-8-27(34-32(31)21-35-13-15-37-16-14-35)20-28(36)9-5-24-17-26(33)19-30(18-24)39-22-23(2)3/h6-8,10-12,17-19,23H,4-5,9,13-16,20-22H2,1-3H3. The van der Waals surface area contributed by atoms with E-state index in [1.165, 1.54) is 12.1 Å². The first-order valence-corrected chi connectivity index (χ1v) is 13.9. The lowest BCUT2D eigenvalue weighted by Crippen LogP contribution is -2.36. The first kappa shape index (κ1) is 28.7. The summed E-state index contributed by atoms with van der Waals surface area (Å²) in [6.45, 7) is 11.0. The van der Waals surface area contributed by atoms with Gasteiger partial charge in [-0.25, -0.2) is 4.39 Å². The molecule has 0 aliphatic carbocycles. The molecule has 0 N–H and O–H groups in total. The molecule has 1 aromatic heterocycles. The van der Waals surface area contributed by atoms with Crippen molar-refractivity contribution in [2.45, 2.75) is 46.6 Å². The van der Waals surface area contributed by atoms with Crippen LogP contribution in [0, 0.1) is 11.7 Å². The highest BCUT2D eigenvalue weighted by Gasteiger charge is 2.17. The average molecular weight is 535 g/mol. The van der Waals surface area contributed by atoms with Crippen molar-refractivity contribution in [2.75, 3.05) is 39.5 Å². The predicted octanol–water partition coefficient (Wildman–Crippen LogP) is 5.90. The van der Waals surface area contributed by atoms with Crippen LogP contribution in [0.5, 0.6) is 11.5 Å². The number of carbonyl (C=O) groups is 1. The molecule has 0 saturated carbocycles. The highest BCUT2D eigenvalue weighted by molar-refractivity contribution is 5.81. The van der Waals surface area contributed by atoms with Gasteiger partial charge in [-0.15, -0.1) is 0 Å². The minimum Gasteiger partial charge on any atom is -0.494 e. The molecule has 0 unspecified atom stereocenters. The van der Waals surface area contributed by atoms with Gasteiger partial charge in [-0.2, -0.15) is 0 Å². The van der Waals surface area contributed by atoms with E-state index in [9.17, 15) is 9.18 Å². The van der Waals surface area contributed by atoms with E-state index in [1.54, 1.807) is 0 Å². The molecule has 2 aromatic carbocycles. The summed E-state index contributed by atoms with van der Waals surface area (Å²) in [6.07, 6.45) is 1.01. The second-order valence-electron chi connectivity index (χ2n) is 10.4. The van der Waals surface area contributed by atoms with Crippen molar-refractivity contribution in [2.24, 2.45) is 5.92 Å². The number of hydrogen-bond acceptors (Lipinski definition) is 6. The number of Topliss-reactive ketones (excluding diaryl/α,β-unsaturated/α-hetero) is 1. The smallest absolute Gasteiger partial charge is 0.139 e. The molecule has 0 atom stereocenters. The third kappa shape index (κ3) is 8.87. The molecule has 1 fully saturated rings. The lowest BCUT2D eigenvalue weighted by Gasteiger charge is -2.27. The van der Waals surface area contributed by atoms with Crippen molar-refractivity contribution in [1.29, 1.82) is 0 Å². The summed E-state index contributed by atoms with van der Waals surface area (Å²) in [7, 11) is 0. The van der Waals surface area contributed by atoms with Gasteiger partial charge in [0.2, 0.25) is 0 Å². The fourth-order valence-electron chi connectivity index (χ4n) is 4.58. The van der Waals surface area contributed by atoms with Crippen LogP contribution in [0.4, 0.5) is 4.39 Å². The van der Waals surface area contributed by atoms with Gasteiger partial charge in [-0.3, -0.25) is 14.7 Å². The second-order valence-corrected chi connectivity index (χ2v) is 10.4. The van der Waals surface area contributed by atoms with Crippen LogP contribution in [0.15, 0.2) is 54.6 Å². The van der Waals surface area contributed by atoms with Gasteiger partial charge in [0.1, 0.15) is 23.1 Å². The number of aryl methyl sites for hydroxylation is 1. The van der Waals surface area contributed by atoms with Gasteiger partial charge in [0.25, 0.3) is 0 Å². The summed E-state index contributed by atoms with van der Waals surface area (Å²) < 4.78 is 30.9. The third-order valence-corrected chi connectivity index (χ3v) is 6.57. The van der Waals surface area contributed by atoms with Crippen molar-refractivity contribution >= 4 is 5.78 Å². The Hall–Kier alpha value is -3.29. The molecule has 1 aliphatic heterocycles. The first-order valence-electron chi connectivity index (χ1n) is 13.9. The molecule has 4 rings (SSSR count). The zero-order chi connectivity index (χ0) is 27.6. The summed E-state index contributed by atoms with van der Waals surface area (Å²) in [5.41, 5.74) is 4.57. The Morgan fingerprint density at radius 3 is 2.51 bits per heavy atom. The van der Waals surface area contributed by atoms with Gasteiger partial charge in [-0.05, 0) is 60.7 Å². The van der Waals surface area contributed by atoms with Crippen molar-refractivity contribution in [3.05, 3.63) is 77.4 Å². The Morgan fingerprint density at radius 2 is 1.79 bits per heavy atom. The van der Waals surface area contributed by atoms with E-state index in [4.69, 9.17) is 19.2 Å². The van der Waals surface area contributed by atoms with Crippen LogP contribution in [0.3, 0.4) is 0 Å². The summed E-state index contributed by atoms with van der Waals surface area (Å²) in [5, 5.41) is 0. The SMILES string of the molecule is CCOc1ccc(-c2ccc(CC(=O)CCc3cc(F)cc(OCC(C)C)c3)nc2CN2CCOCC2)cc1. The molecule has 0 spiro atoms. The van der Waals surface area contributed by atoms with Crippen molar-refractivity contribution < 1.29 is 23.4 Å². The summed E-state index contributed by atoms with van der Waals surface area (Å²) in [5.74, 6) is 1.41. The lowest BCUT2D eigenvalue weighted by atomic mass is 10.0. The monoisotopic (exact) mass is 534 g/mol. The first-order chi connectivity index (χ1) is 18.9. The molecule has 7 heteroatoms. The Balaban J connectivity index is 1.45. The number of pyridine rings is 1.